The minimum absolute atomic E-state index is 0.459. The summed E-state index contributed by atoms with van der Waals surface area (Å²) in [6.07, 6.45) is 0.459. The number of thiocarbonyl (C=S) groups is 1. The van der Waals surface area contributed by atoms with Crippen LogP contribution < -0.4 is 0 Å². The van der Waals surface area contributed by atoms with Crippen molar-refractivity contribution in [3.63, 3.8) is 0 Å². The summed E-state index contributed by atoms with van der Waals surface area (Å²) in [6, 6.07) is 0. The highest BCUT2D eigenvalue weighted by Gasteiger charge is 1.82. The average Bonchev–Trinajstić information content (AvgIpc) is 1.68. The maximum Gasteiger partial charge on any atom is 0.0348 e. The van der Waals surface area contributed by atoms with Crippen LogP contribution in [0.15, 0.2) is 10.6 Å². The maximum absolute atomic E-state index is 5.37. The molecule has 0 N–H and O–H groups in total. The molecule has 1 radical (unpaired) electrons. The molecule has 0 bridgehead atoms. The van der Waals surface area contributed by atoms with E-state index in [4.69, 9.17) is 23.2 Å². The number of halogens is 2. The number of allylic oxidation sites excluding steroid dienone is 1. The predicted molar refractivity (Wildman–Crippen MR) is 37.0 cm³/mol. The summed E-state index contributed by atoms with van der Waals surface area (Å²) >= 11 is 14.9. The number of hydrogen-bond acceptors (Lipinski definition) is 1. The SMILES string of the molecule is S=[C]CC(Cl)=CCl. The molecule has 0 fully saturated rings. The minimum atomic E-state index is 0.459. The topological polar surface area (TPSA) is 0 Å². The van der Waals surface area contributed by atoms with Gasteiger partial charge in [0.1, 0.15) is 0 Å². The van der Waals surface area contributed by atoms with Gasteiger partial charge in [0.2, 0.25) is 0 Å². The zero-order chi connectivity index (χ0) is 5.70. The van der Waals surface area contributed by atoms with Crippen molar-refractivity contribution in [3.8, 4) is 0 Å². The van der Waals surface area contributed by atoms with Crippen molar-refractivity contribution in [1.29, 1.82) is 0 Å². The minimum Gasteiger partial charge on any atom is -0.0917 e. The molecule has 7 heavy (non-hydrogen) atoms. The lowest BCUT2D eigenvalue weighted by atomic mass is 10.5. The summed E-state index contributed by atoms with van der Waals surface area (Å²) in [5.41, 5.74) is 1.28. The molecule has 0 nitrogen and oxygen atoms in total. The molecule has 0 saturated heterocycles. The highest BCUT2D eigenvalue weighted by atomic mass is 35.5. The number of hydrogen-bond donors (Lipinski definition) is 0. The summed E-state index contributed by atoms with van der Waals surface area (Å²) in [5.74, 6) is 0. The Kier molecular flexibility index (Phi) is 4.83. The molecule has 0 spiro atoms. The van der Waals surface area contributed by atoms with Crippen molar-refractivity contribution in [2.45, 2.75) is 6.42 Å². The lowest BCUT2D eigenvalue weighted by molar-refractivity contribution is 1.53. The molecule has 0 aromatic carbocycles. The van der Waals surface area contributed by atoms with Crippen LogP contribution in [0.4, 0.5) is 0 Å². The van der Waals surface area contributed by atoms with Gasteiger partial charge < -0.3 is 0 Å². The first-order valence-electron chi connectivity index (χ1n) is 1.61. The molecule has 0 aliphatic heterocycles. The molecule has 0 unspecified atom stereocenters. The first kappa shape index (κ1) is 7.41. The van der Waals surface area contributed by atoms with Crippen molar-refractivity contribution in [2.75, 3.05) is 0 Å². The summed E-state index contributed by atoms with van der Waals surface area (Å²) in [6.45, 7) is 0. The van der Waals surface area contributed by atoms with Gasteiger partial charge in [0, 0.05) is 22.4 Å². The fourth-order valence-electron chi connectivity index (χ4n) is 0.108. The van der Waals surface area contributed by atoms with Gasteiger partial charge in [-0.25, -0.2) is 0 Å². The normalized spacial score (nSPS) is 11.4. The van der Waals surface area contributed by atoms with Gasteiger partial charge >= 0.3 is 0 Å². The molecule has 0 aromatic rings. The lowest BCUT2D eigenvalue weighted by Gasteiger charge is -1.80. The lowest BCUT2D eigenvalue weighted by Crippen LogP contribution is -1.67. The summed E-state index contributed by atoms with van der Waals surface area (Å²) in [5, 5.41) is 2.94. The van der Waals surface area contributed by atoms with Crippen LogP contribution in [0.25, 0.3) is 0 Å². The van der Waals surface area contributed by atoms with E-state index in [0.717, 1.165) is 0 Å². The van der Waals surface area contributed by atoms with Gasteiger partial charge in [-0.05, 0) is 0 Å². The molecule has 0 aliphatic rings. The largest absolute Gasteiger partial charge is 0.0917 e. The van der Waals surface area contributed by atoms with E-state index in [1.165, 1.54) is 5.54 Å². The van der Waals surface area contributed by atoms with Crippen LogP contribution in [-0.2, 0) is 0 Å². The first-order valence-corrected chi connectivity index (χ1v) is 2.83. The standard InChI is InChI=1S/C4H3Cl2S/c5-3-4(6)1-2-7/h3H,1H2. The van der Waals surface area contributed by atoms with E-state index in [9.17, 15) is 0 Å². The fourth-order valence-corrected chi connectivity index (χ4v) is 0.486. The van der Waals surface area contributed by atoms with E-state index in [1.54, 1.807) is 0 Å². The zero-order valence-corrected chi connectivity index (χ0v) is 5.78. The molecule has 39 valence electrons. The van der Waals surface area contributed by atoms with Gasteiger partial charge in [-0.2, -0.15) is 0 Å². The molecule has 0 aromatic heterocycles. The van der Waals surface area contributed by atoms with E-state index in [0.29, 0.717) is 11.5 Å². The monoisotopic (exact) mass is 153 g/mol. The Morgan fingerprint density at radius 3 is 2.57 bits per heavy atom. The van der Waals surface area contributed by atoms with Gasteiger partial charge in [0.05, 0.1) is 0 Å². The molecule has 0 amide bonds. The van der Waals surface area contributed by atoms with E-state index in [1.807, 2.05) is 0 Å². The smallest absolute Gasteiger partial charge is 0.0348 e. The molecule has 0 saturated carbocycles. The average molecular weight is 154 g/mol. The van der Waals surface area contributed by atoms with Crippen LogP contribution in [0.2, 0.25) is 0 Å². The van der Waals surface area contributed by atoms with E-state index in [2.05, 4.69) is 17.6 Å². The molecular weight excluding hydrogens is 151 g/mol. The van der Waals surface area contributed by atoms with Gasteiger partial charge in [0.25, 0.3) is 0 Å². The van der Waals surface area contributed by atoms with Crippen LogP contribution in [-0.4, -0.2) is 5.37 Å². The zero-order valence-electron chi connectivity index (χ0n) is 3.45. The quantitative estimate of drug-likeness (QED) is 0.550. The second kappa shape index (κ2) is 4.57. The van der Waals surface area contributed by atoms with Crippen LogP contribution in [0, 0.1) is 0 Å². The second-order valence-electron chi connectivity index (χ2n) is 0.877. The third-order valence-electron chi connectivity index (χ3n) is 0.359. The summed E-state index contributed by atoms with van der Waals surface area (Å²) in [7, 11) is 0. The molecule has 0 atom stereocenters. The molecule has 0 rings (SSSR count). The van der Waals surface area contributed by atoms with Crippen molar-refractivity contribution in [1.82, 2.24) is 0 Å². The van der Waals surface area contributed by atoms with Crippen molar-refractivity contribution in [2.24, 2.45) is 0 Å². The van der Waals surface area contributed by atoms with Crippen molar-refractivity contribution in [3.05, 3.63) is 10.6 Å². The molecule has 0 aliphatic carbocycles. The van der Waals surface area contributed by atoms with Crippen LogP contribution in [0.5, 0.6) is 0 Å². The second-order valence-corrected chi connectivity index (χ2v) is 1.87. The van der Waals surface area contributed by atoms with Crippen molar-refractivity contribution < 1.29 is 0 Å². The number of rotatable bonds is 2. The van der Waals surface area contributed by atoms with Crippen LogP contribution >= 0.6 is 35.4 Å². The Hall–Kier alpha value is 0.410. The summed E-state index contributed by atoms with van der Waals surface area (Å²) < 4.78 is 0. The predicted octanol–water partition coefficient (Wildman–Crippen LogP) is 2.57. The Balaban J connectivity index is 3.36. The molecule has 0 heterocycles. The highest BCUT2D eigenvalue weighted by Crippen LogP contribution is 2.05. The Morgan fingerprint density at radius 1 is 1.86 bits per heavy atom. The third-order valence-corrected chi connectivity index (χ3v) is 1.12. The van der Waals surface area contributed by atoms with Gasteiger partial charge in [0.15, 0.2) is 0 Å². The van der Waals surface area contributed by atoms with Gasteiger partial charge in [-0.1, -0.05) is 35.4 Å². The maximum atomic E-state index is 5.37. The van der Waals surface area contributed by atoms with Crippen LogP contribution in [0.1, 0.15) is 6.42 Å². The van der Waals surface area contributed by atoms with E-state index < -0.39 is 0 Å². The van der Waals surface area contributed by atoms with Gasteiger partial charge in [-0.15, -0.1) is 0 Å². The first-order chi connectivity index (χ1) is 3.31. The van der Waals surface area contributed by atoms with E-state index >= 15 is 0 Å². The Morgan fingerprint density at radius 2 is 2.43 bits per heavy atom. The Labute approximate surface area is 58.1 Å². The Bertz CT molecular complexity index is 87.7. The third kappa shape index (κ3) is 4.26. The summed E-state index contributed by atoms with van der Waals surface area (Å²) in [4.78, 5) is 0. The van der Waals surface area contributed by atoms with Crippen molar-refractivity contribution >= 4 is 40.8 Å². The van der Waals surface area contributed by atoms with E-state index in [-0.39, 0.29) is 0 Å². The fraction of sp³-hybridized carbons (Fsp3) is 0.250. The van der Waals surface area contributed by atoms with Gasteiger partial charge in [-0.3, -0.25) is 0 Å². The van der Waals surface area contributed by atoms with Crippen LogP contribution in [0.3, 0.4) is 0 Å². The highest BCUT2D eigenvalue weighted by molar-refractivity contribution is 7.79. The molecular formula is C4H3Cl2S. The molecule has 3 heteroatoms.